The summed E-state index contributed by atoms with van der Waals surface area (Å²) in [5.74, 6) is 0. The SMILES string of the molecule is CN(C)c1cccc([CH]=[Rh])c1. The second-order valence-corrected chi connectivity index (χ2v) is 3.06. The van der Waals surface area contributed by atoms with Gasteiger partial charge < -0.3 is 0 Å². The van der Waals surface area contributed by atoms with Gasteiger partial charge in [-0.05, 0) is 0 Å². The van der Waals surface area contributed by atoms with Crippen LogP contribution in [0.15, 0.2) is 24.3 Å². The molecular weight excluding hydrogens is 225 g/mol. The zero-order chi connectivity index (χ0) is 8.27. The van der Waals surface area contributed by atoms with Crippen LogP contribution in [-0.4, -0.2) is 18.7 Å². The van der Waals surface area contributed by atoms with Crippen molar-refractivity contribution in [1.82, 2.24) is 0 Å². The fourth-order valence-corrected chi connectivity index (χ4v) is 1.16. The molecular formula is C9H11NRh. The van der Waals surface area contributed by atoms with Gasteiger partial charge in [-0.15, -0.1) is 0 Å². The third kappa shape index (κ3) is 2.23. The predicted molar refractivity (Wildman–Crippen MR) is 45.9 cm³/mol. The maximum atomic E-state index is 2.78. The van der Waals surface area contributed by atoms with E-state index in [0.717, 1.165) is 0 Å². The van der Waals surface area contributed by atoms with Gasteiger partial charge in [-0.2, -0.15) is 0 Å². The van der Waals surface area contributed by atoms with Crippen molar-refractivity contribution in [2.24, 2.45) is 0 Å². The van der Waals surface area contributed by atoms with E-state index >= 15 is 0 Å². The van der Waals surface area contributed by atoms with Gasteiger partial charge in [0.05, 0.1) is 0 Å². The van der Waals surface area contributed by atoms with Gasteiger partial charge in [-0.3, -0.25) is 0 Å². The van der Waals surface area contributed by atoms with Crippen LogP contribution in [0.25, 0.3) is 0 Å². The normalized spacial score (nSPS) is 9.36. The molecule has 0 spiro atoms. The zero-order valence-corrected chi connectivity index (χ0v) is 8.31. The molecule has 11 heavy (non-hydrogen) atoms. The van der Waals surface area contributed by atoms with Crippen LogP contribution in [0.4, 0.5) is 5.69 Å². The number of nitrogens with zero attached hydrogens (tertiary/aromatic N) is 1. The summed E-state index contributed by atoms with van der Waals surface area (Å²) >= 11 is 2.78. The van der Waals surface area contributed by atoms with Gasteiger partial charge in [0.1, 0.15) is 0 Å². The average molecular weight is 236 g/mol. The molecule has 0 fully saturated rings. The first-order valence-corrected chi connectivity index (χ1v) is 4.37. The van der Waals surface area contributed by atoms with Crippen LogP contribution in [-0.2, 0) is 17.9 Å². The molecule has 0 unspecified atom stereocenters. The molecule has 0 atom stereocenters. The summed E-state index contributed by atoms with van der Waals surface area (Å²) in [6, 6.07) is 8.36. The second kappa shape index (κ2) is 3.78. The van der Waals surface area contributed by atoms with Crippen LogP contribution in [0.3, 0.4) is 0 Å². The quantitative estimate of drug-likeness (QED) is 0.702. The fraction of sp³-hybridized carbons (Fsp3) is 0.222. The van der Waals surface area contributed by atoms with Gasteiger partial charge in [-0.1, -0.05) is 0 Å². The van der Waals surface area contributed by atoms with Crippen LogP contribution in [0, 0.1) is 0 Å². The molecule has 0 saturated carbocycles. The molecule has 0 radical (unpaired) electrons. The van der Waals surface area contributed by atoms with Crippen molar-refractivity contribution in [2.75, 3.05) is 19.0 Å². The van der Waals surface area contributed by atoms with Crippen LogP contribution in [0.5, 0.6) is 0 Å². The van der Waals surface area contributed by atoms with Gasteiger partial charge >= 0.3 is 77.0 Å². The Labute approximate surface area is 77.2 Å². The van der Waals surface area contributed by atoms with Gasteiger partial charge in [-0.25, -0.2) is 0 Å². The average Bonchev–Trinajstić information content (AvgIpc) is 2.05. The molecule has 61 valence electrons. The van der Waals surface area contributed by atoms with Crippen molar-refractivity contribution < 1.29 is 17.9 Å². The Morgan fingerprint density at radius 3 is 2.64 bits per heavy atom. The number of hydrogen-bond donors (Lipinski definition) is 0. The van der Waals surface area contributed by atoms with E-state index in [1.54, 1.807) is 0 Å². The molecule has 1 nitrogen and oxygen atoms in total. The zero-order valence-electron chi connectivity index (χ0n) is 6.67. The van der Waals surface area contributed by atoms with E-state index < -0.39 is 0 Å². The van der Waals surface area contributed by atoms with Crippen LogP contribution in [0.1, 0.15) is 5.56 Å². The molecule has 0 saturated heterocycles. The molecule has 1 aromatic carbocycles. The molecule has 1 aromatic rings. The predicted octanol–water partition coefficient (Wildman–Crippen LogP) is 1.45. The summed E-state index contributed by atoms with van der Waals surface area (Å²) in [4.78, 5) is 2.09. The van der Waals surface area contributed by atoms with E-state index in [9.17, 15) is 0 Å². The van der Waals surface area contributed by atoms with Crippen molar-refractivity contribution in [1.29, 1.82) is 0 Å². The van der Waals surface area contributed by atoms with E-state index in [-0.39, 0.29) is 0 Å². The van der Waals surface area contributed by atoms with Crippen molar-refractivity contribution >= 4 is 10.3 Å². The molecule has 0 amide bonds. The van der Waals surface area contributed by atoms with E-state index in [2.05, 4.69) is 47.0 Å². The van der Waals surface area contributed by atoms with Crippen LogP contribution >= 0.6 is 0 Å². The standard InChI is InChI=1S/C9H11N.Rh/c1-8-5-4-6-9(7-8)10(2)3;/h1,4-7H,2-3H3;. The van der Waals surface area contributed by atoms with Crippen molar-refractivity contribution in [3.63, 3.8) is 0 Å². The summed E-state index contributed by atoms with van der Waals surface area (Å²) < 4.78 is 1.99. The van der Waals surface area contributed by atoms with Crippen molar-refractivity contribution in [3.8, 4) is 0 Å². The Bertz CT molecular complexity index is 255. The minimum atomic E-state index is 1.23. The number of hydrogen-bond acceptors (Lipinski definition) is 1. The summed E-state index contributed by atoms with van der Waals surface area (Å²) in [5.41, 5.74) is 2.46. The Morgan fingerprint density at radius 2 is 2.09 bits per heavy atom. The van der Waals surface area contributed by atoms with E-state index in [1.807, 2.05) is 18.7 Å². The van der Waals surface area contributed by atoms with Gasteiger partial charge in [0.25, 0.3) is 0 Å². The molecule has 0 N–H and O–H groups in total. The molecule has 0 aromatic heterocycles. The Hall–Kier alpha value is -0.487. The van der Waals surface area contributed by atoms with Gasteiger partial charge in [0, 0.05) is 0 Å². The number of rotatable bonds is 2. The van der Waals surface area contributed by atoms with Gasteiger partial charge in [0.15, 0.2) is 0 Å². The fourth-order valence-electron chi connectivity index (χ4n) is 0.863. The summed E-state index contributed by atoms with van der Waals surface area (Å²) in [5, 5.41) is 0. The Morgan fingerprint density at radius 1 is 1.36 bits per heavy atom. The molecule has 2 heteroatoms. The van der Waals surface area contributed by atoms with Gasteiger partial charge in [0.2, 0.25) is 0 Å². The first-order valence-electron chi connectivity index (χ1n) is 3.42. The summed E-state index contributed by atoms with van der Waals surface area (Å²) in [6.07, 6.45) is 0. The molecule has 0 heterocycles. The molecule has 1 rings (SSSR count). The Balaban J connectivity index is 3.00. The van der Waals surface area contributed by atoms with Crippen molar-refractivity contribution in [3.05, 3.63) is 29.8 Å². The van der Waals surface area contributed by atoms with E-state index in [0.29, 0.717) is 0 Å². The van der Waals surface area contributed by atoms with Crippen molar-refractivity contribution in [2.45, 2.75) is 0 Å². The molecule has 0 aliphatic carbocycles. The van der Waals surface area contributed by atoms with E-state index in [1.165, 1.54) is 11.3 Å². The van der Waals surface area contributed by atoms with Crippen LogP contribution in [0.2, 0.25) is 0 Å². The number of benzene rings is 1. The summed E-state index contributed by atoms with van der Waals surface area (Å²) in [7, 11) is 4.08. The molecule has 0 aliphatic rings. The maximum absolute atomic E-state index is 2.78. The van der Waals surface area contributed by atoms with Crippen LogP contribution < -0.4 is 4.90 Å². The second-order valence-electron chi connectivity index (χ2n) is 2.59. The molecule has 0 aliphatic heterocycles. The minimum absolute atomic E-state index is 1.23. The Kier molecular flexibility index (Phi) is 2.95. The summed E-state index contributed by atoms with van der Waals surface area (Å²) in [6.45, 7) is 0. The topological polar surface area (TPSA) is 3.24 Å². The third-order valence-electron chi connectivity index (χ3n) is 1.50. The number of anilines is 1. The first-order chi connectivity index (χ1) is 5.24. The molecule has 0 bridgehead atoms. The third-order valence-corrected chi connectivity index (χ3v) is 2.04. The first kappa shape index (κ1) is 8.61. The van der Waals surface area contributed by atoms with E-state index in [4.69, 9.17) is 0 Å². The monoisotopic (exact) mass is 236 g/mol.